The molecule has 0 aromatic rings. The third-order valence-corrected chi connectivity index (χ3v) is 4.18. The number of allylic oxidation sites excluding steroid dienone is 2. The number of hydrogen-bond donors (Lipinski definition) is 0. The van der Waals surface area contributed by atoms with Gasteiger partial charge in [-0.25, -0.2) is 0 Å². The fourth-order valence-electron chi connectivity index (χ4n) is 3.10. The second kappa shape index (κ2) is 8.35. The largest absolute Gasteiger partial charge is 0.353 e. The summed E-state index contributed by atoms with van der Waals surface area (Å²) in [6.45, 7) is 1.64. The lowest BCUT2D eigenvalue weighted by Crippen LogP contribution is -2.23. The van der Waals surface area contributed by atoms with Gasteiger partial charge in [0.05, 0.1) is 6.07 Å². The highest BCUT2D eigenvalue weighted by Crippen LogP contribution is 2.32. The maximum Gasteiger partial charge on any atom is 0.157 e. The van der Waals surface area contributed by atoms with Gasteiger partial charge in [-0.15, -0.1) is 0 Å². The Labute approximate surface area is 116 Å². The fourth-order valence-corrected chi connectivity index (χ4v) is 3.10. The van der Waals surface area contributed by atoms with Crippen LogP contribution in [0.1, 0.15) is 57.8 Å². The summed E-state index contributed by atoms with van der Waals surface area (Å²) in [5, 5.41) is 8.81. The zero-order valence-corrected chi connectivity index (χ0v) is 11.8. The van der Waals surface area contributed by atoms with Crippen LogP contribution in [0.4, 0.5) is 0 Å². The second-order valence-electron chi connectivity index (χ2n) is 5.60. The predicted octanol–water partition coefficient (Wildman–Crippen LogP) is 3.95. The zero-order valence-electron chi connectivity index (χ0n) is 11.8. The first-order valence-corrected chi connectivity index (χ1v) is 7.72. The summed E-state index contributed by atoms with van der Waals surface area (Å²) in [4.78, 5) is 0. The average molecular weight is 263 g/mol. The zero-order chi connectivity index (χ0) is 13.3. The Hall–Kier alpha value is -0.850. The van der Waals surface area contributed by atoms with Crippen LogP contribution < -0.4 is 0 Å². The number of nitrogens with zero attached hydrogens (tertiary/aromatic N) is 1. The lowest BCUT2D eigenvalue weighted by molar-refractivity contribution is -0.163. The van der Waals surface area contributed by atoms with E-state index in [-0.39, 0.29) is 6.29 Å². The summed E-state index contributed by atoms with van der Waals surface area (Å²) in [5.74, 6) is 0.615. The van der Waals surface area contributed by atoms with E-state index < -0.39 is 0 Å². The van der Waals surface area contributed by atoms with Crippen LogP contribution in [0, 0.1) is 17.2 Å². The van der Waals surface area contributed by atoms with Crippen molar-refractivity contribution in [3.63, 3.8) is 0 Å². The fraction of sp³-hybridized carbons (Fsp3) is 0.812. The highest BCUT2D eigenvalue weighted by Gasteiger charge is 2.19. The van der Waals surface area contributed by atoms with Crippen LogP contribution in [0.3, 0.4) is 0 Å². The minimum Gasteiger partial charge on any atom is -0.353 e. The van der Waals surface area contributed by atoms with Crippen molar-refractivity contribution in [2.24, 2.45) is 5.92 Å². The molecule has 2 unspecified atom stereocenters. The van der Waals surface area contributed by atoms with Crippen LogP contribution in [-0.4, -0.2) is 19.5 Å². The molecule has 2 aliphatic rings. The van der Waals surface area contributed by atoms with Crippen molar-refractivity contribution >= 4 is 0 Å². The molecule has 3 nitrogen and oxygen atoms in total. The van der Waals surface area contributed by atoms with Gasteiger partial charge in [-0.3, -0.25) is 0 Å². The lowest BCUT2D eigenvalue weighted by atomic mass is 9.81. The van der Waals surface area contributed by atoms with Crippen LogP contribution in [0.25, 0.3) is 0 Å². The Morgan fingerprint density at radius 2 is 2.16 bits per heavy atom. The van der Waals surface area contributed by atoms with Gasteiger partial charge in [0.15, 0.2) is 6.29 Å². The third-order valence-electron chi connectivity index (χ3n) is 4.18. The van der Waals surface area contributed by atoms with E-state index >= 15 is 0 Å². The van der Waals surface area contributed by atoms with E-state index in [0.717, 1.165) is 38.9 Å². The molecule has 1 saturated heterocycles. The number of nitriles is 1. The van der Waals surface area contributed by atoms with Crippen LogP contribution in [0.2, 0.25) is 0 Å². The van der Waals surface area contributed by atoms with E-state index in [0.29, 0.717) is 5.92 Å². The van der Waals surface area contributed by atoms with Gasteiger partial charge in [0.25, 0.3) is 0 Å². The molecule has 2 rings (SSSR count). The van der Waals surface area contributed by atoms with E-state index in [1.807, 2.05) is 0 Å². The quantitative estimate of drug-likeness (QED) is 0.557. The van der Waals surface area contributed by atoms with Crippen molar-refractivity contribution in [1.82, 2.24) is 0 Å². The van der Waals surface area contributed by atoms with Crippen molar-refractivity contribution in [3.8, 4) is 6.07 Å². The van der Waals surface area contributed by atoms with Crippen molar-refractivity contribution < 1.29 is 9.47 Å². The molecule has 0 amide bonds. The molecular formula is C16H25NO2. The van der Waals surface area contributed by atoms with E-state index in [1.54, 1.807) is 6.08 Å². The molecule has 1 heterocycles. The standard InChI is InChI=1S/C16H25NO2/c17-11-10-15-7-2-1-6-14(15)8-5-13-19-16-9-3-4-12-18-16/h10,14,16H,1-9,12-13H2/b15-10+. The molecule has 0 aromatic heterocycles. The van der Waals surface area contributed by atoms with Gasteiger partial charge in [-0.1, -0.05) is 12.0 Å². The molecule has 1 saturated carbocycles. The summed E-state index contributed by atoms with van der Waals surface area (Å²) >= 11 is 0. The topological polar surface area (TPSA) is 42.2 Å². The Bertz CT molecular complexity index is 326. The summed E-state index contributed by atoms with van der Waals surface area (Å²) < 4.78 is 11.3. The first-order chi connectivity index (χ1) is 9.40. The first-order valence-electron chi connectivity index (χ1n) is 7.72. The predicted molar refractivity (Wildman–Crippen MR) is 74.4 cm³/mol. The Morgan fingerprint density at radius 3 is 2.95 bits per heavy atom. The number of hydrogen-bond acceptors (Lipinski definition) is 3. The highest BCUT2D eigenvalue weighted by molar-refractivity contribution is 5.17. The molecule has 3 heteroatoms. The van der Waals surface area contributed by atoms with Gasteiger partial charge in [0.2, 0.25) is 0 Å². The molecule has 1 aliphatic heterocycles. The molecule has 2 fully saturated rings. The average Bonchev–Trinajstić information content (AvgIpc) is 2.47. The van der Waals surface area contributed by atoms with Crippen LogP contribution in [0.5, 0.6) is 0 Å². The number of ether oxygens (including phenoxy) is 2. The van der Waals surface area contributed by atoms with Gasteiger partial charge in [-0.05, 0) is 57.3 Å². The van der Waals surface area contributed by atoms with E-state index in [9.17, 15) is 0 Å². The minimum absolute atomic E-state index is 0.0363. The molecule has 0 N–H and O–H groups in total. The minimum atomic E-state index is 0.0363. The summed E-state index contributed by atoms with van der Waals surface area (Å²) in [7, 11) is 0. The van der Waals surface area contributed by atoms with Crippen molar-refractivity contribution in [1.29, 1.82) is 5.26 Å². The van der Waals surface area contributed by atoms with Crippen molar-refractivity contribution in [2.75, 3.05) is 13.2 Å². The summed E-state index contributed by atoms with van der Waals surface area (Å²) in [6, 6.07) is 2.20. The van der Waals surface area contributed by atoms with Gasteiger partial charge in [0, 0.05) is 19.3 Å². The molecule has 19 heavy (non-hydrogen) atoms. The van der Waals surface area contributed by atoms with Gasteiger partial charge in [-0.2, -0.15) is 5.26 Å². The monoisotopic (exact) mass is 263 g/mol. The van der Waals surface area contributed by atoms with Crippen molar-refractivity contribution in [3.05, 3.63) is 11.6 Å². The molecule has 0 bridgehead atoms. The van der Waals surface area contributed by atoms with Gasteiger partial charge in [0.1, 0.15) is 0 Å². The number of rotatable bonds is 5. The lowest BCUT2D eigenvalue weighted by Gasteiger charge is -2.26. The van der Waals surface area contributed by atoms with Crippen LogP contribution in [-0.2, 0) is 9.47 Å². The van der Waals surface area contributed by atoms with E-state index in [4.69, 9.17) is 14.7 Å². The Kier molecular flexibility index (Phi) is 6.39. The molecule has 0 radical (unpaired) electrons. The van der Waals surface area contributed by atoms with Gasteiger partial charge >= 0.3 is 0 Å². The second-order valence-corrected chi connectivity index (χ2v) is 5.60. The van der Waals surface area contributed by atoms with E-state index in [2.05, 4.69) is 6.07 Å². The summed E-state index contributed by atoms with van der Waals surface area (Å²) in [5.41, 5.74) is 1.36. The van der Waals surface area contributed by atoms with Gasteiger partial charge < -0.3 is 9.47 Å². The maximum absolute atomic E-state index is 8.81. The van der Waals surface area contributed by atoms with Crippen LogP contribution >= 0.6 is 0 Å². The smallest absolute Gasteiger partial charge is 0.157 e. The molecular weight excluding hydrogens is 238 g/mol. The molecule has 106 valence electrons. The Morgan fingerprint density at radius 1 is 1.26 bits per heavy atom. The molecule has 2 atom stereocenters. The summed E-state index contributed by atoms with van der Waals surface area (Å²) in [6.07, 6.45) is 12.4. The highest BCUT2D eigenvalue weighted by atomic mass is 16.7. The Balaban J connectivity index is 1.63. The normalized spacial score (nSPS) is 30.2. The first kappa shape index (κ1) is 14.6. The molecule has 0 spiro atoms. The van der Waals surface area contributed by atoms with E-state index in [1.165, 1.54) is 37.7 Å². The molecule has 1 aliphatic carbocycles. The van der Waals surface area contributed by atoms with Crippen LogP contribution in [0.15, 0.2) is 11.6 Å². The molecule has 0 aromatic carbocycles. The maximum atomic E-state index is 8.81. The third kappa shape index (κ3) is 4.97. The van der Waals surface area contributed by atoms with Crippen molar-refractivity contribution in [2.45, 2.75) is 64.1 Å². The SMILES string of the molecule is N#C/C=C1\CCCCC1CCCOC1CCCCO1.